The zero-order chi connectivity index (χ0) is 16.5. The Bertz CT molecular complexity index is 563. The highest BCUT2D eigenvalue weighted by molar-refractivity contribution is 14.1. The number of carbonyl (C=O) groups excluding carboxylic acids is 1. The minimum atomic E-state index is -1.23. The van der Waals surface area contributed by atoms with E-state index in [1.165, 1.54) is 6.07 Å². The predicted molar refractivity (Wildman–Crippen MR) is 90.1 cm³/mol. The molecule has 0 atom stereocenters. The number of benzene rings is 1. The summed E-state index contributed by atoms with van der Waals surface area (Å²) in [5, 5.41) is 10.7. The number of piperidine rings is 1. The molecule has 1 aliphatic rings. The fourth-order valence-corrected chi connectivity index (χ4v) is 2.98. The molecular weight excluding hydrogens is 400 g/mol. The van der Waals surface area contributed by atoms with Gasteiger partial charge in [0.15, 0.2) is 0 Å². The third kappa shape index (κ3) is 4.10. The summed E-state index contributed by atoms with van der Waals surface area (Å²) in [5.74, 6) is -0.403. The molecule has 6 heteroatoms. The van der Waals surface area contributed by atoms with Gasteiger partial charge in [-0.25, -0.2) is 9.18 Å². The molecule has 0 aliphatic carbocycles. The van der Waals surface area contributed by atoms with Gasteiger partial charge < -0.3 is 14.7 Å². The number of hydrogen-bond acceptors (Lipinski definition) is 3. The van der Waals surface area contributed by atoms with Crippen molar-refractivity contribution in [3.63, 3.8) is 0 Å². The first-order valence-corrected chi connectivity index (χ1v) is 8.34. The summed E-state index contributed by atoms with van der Waals surface area (Å²) in [4.78, 5) is 13.6. The summed E-state index contributed by atoms with van der Waals surface area (Å²) in [6.07, 6.45) is 0.200. The van der Waals surface area contributed by atoms with Crippen molar-refractivity contribution < 1.29 is 19.0 Å². The quantitative estimate of drug-likeness (QED) is 0.705. The Morgan fingerprint density at radius 3 is 2.45 bits per heavy atom. The molecule has 1 saturated heterocycles. The Morgan fingerprint density at radius 1 is 1.36 bits per heavy atom. The number of ether oxygens (including phenoxy) is 1. The third-order valence-electron chi connectivity index (χ3n) is 3.67. The summed E-state index contributed by atoms with van der Waals surface area (Å²) in [5.41, 5.74) is -1.48. The van der Waals surface area contributed by atoms with E-state index < -0.39 is 23.1 Å². The standard InChI is InChI=1S/C16H21FINO3/c1-15(2,3)22-14(20)19-8-6-16(21,7-9-19)12-5-4-11(18)10-13(12)17/h4-5,10,21H,6-9H2,1-3H3. The van der Waals surface area contributed by atoms with Crippen LogP contribution < -0.4 is 0 Å². The SMILES string of the molecule is CC(C)(C)OC(=O)N1CCC(O)(c2ccc(I)cc2F)CC1. The second-order valence-corrected chi connectivity index (χ2v) is 7.87. The van der Waals surface area contributed by atoms with E-state index in [1.54, 1.807) is 17.0 Å². The lowest BCUT2D eigenvalue weighted by Crippen LogP contribution is -2.47. The summed E-state index contributed by atoms with van der Waals surface area (Å²) < 4.78 is 20.2. The van der Waals surface area contributed by atoms with Crippen LogP contribution in [-0.4, -0.2) is 34.8 Å². The number of likely N-dealkylation sites (tertiary alicyclic amines) is 1. The Morgan fingerprint density at radius 2 is 1.95 bits per heavy atom. The molecule has 1 aliphatic heterocycles. The maximum absolute atomic E-state index is 14.1. The molecule has 1 aromatic rings. The van der Waals surface area contributed by atoms with Gasteiger partial charge in [0.2, 0.25) is 0 Å². The molecule has 0 aromatic heterocycles. The van der Waals surface area contributed by atoms with Crippen LogP contribution in [0.2, 0.25) is 0 Å². The van der Waals surface area contributed by atoms with Gasteiger partial charge in [-0.3, -0.25) is 0 Å². The second kappa shape index (κ2) is 6.31. The van der Waals surface area contributed by atoms with E-state index in [-0.39, 0.29) is 0 Å². The van der Waals surface area contributed by atoms with Crippen LogP contribution in [0.3, 0.4) is 0 Å². The largest absolute Gasteiger partial charge is 0.444 e. The summed E-state index contributed by atoms with van der Waals surface area (Å²) in [6.45, 7) is 6.12. The number of nitrogens with zero attached hydrogens (tertiary/aromatic N) is 1. The van der Waals surface area contributed by atoms with E-state index >= 15 is 0 Å². The Kier molecular flexibility index (Phi) is 5.01. The van der Waals surface area contributed by atoms with Gasteiger partial charge in [-0.15, -0.1) is 0 Å². The Balaban J connectivity index is 2.06. The van der Waals surface area contributed by atoms with Crippen LogP contribution in [0.1, 0.15) is 39.2 Å². The maximum atomic E-state index is 14.1. The minimum absolute atomic E-state index is 0.295. The number of halogens is 2. The summed E-state index contributed by atoms with van der Waals surface area (Å²) in [7, 11) is 0. The van der Waals surface area contributed by atoms with E-state index in [0.717, 1.165) is 3.57 Å². The van der Waals surface area contributed by atoms with Crippen LogP contribution in [0.4, 0.5) is 9.18 Å². The van der Waals surface area contributed by atoms with Gasteiger partial charge >= 0.3 is 6.09 Å². The topological polar surface area (TPSA) is 49.8 Å². The Labute approximate surface area is 143 Å². The van der Waals surface area contributed by atoms with Crippen molar-refractivity contribution in [3.05, 3.63) is 33.1 Å². The number of hydrogen-bond donors (Lipinski definition) is 1. The number of amides is 1. The Hall–Kier alpha value is -0.890. The molecular formula is C16H21FINO3. The highest BCUT2D eigenvalue weighted by Crippen LogP contribution is 2.35. The molecule has 0 saturated carbocycles. The van der Waals surface area contributed by atoms with Crippen molar-refractivity contribution in [2.45, 2.75) is 44.8 Å². The van der Waals surface area contributed by atoms with Crippen LogP contribution in [0.15, 0.2) is 18.2 Å². The van der Waals surface area contributed by atoms with E-state index in [1.807, 2.05) is 43.4 Å². The van der Waals surface area contributed by atoms with Crippen molar-refractivity contribution in [1.29, 1.82) is 0 Å². The molecule has 0 bridgehead atoms. The maximum Gasteiger partial charge on any atom is 0.410 e. The van der Waals surface area contributed by atoms with Crippen LogP contribution in [-0.2, 0) is 10.3 Å². The molecule has 4 nitrogen and oxygen atoms in total. The predicted octanol–water partition coefficient (Wildman–Crippen LogP) is 3.65. The van der Waals surface area contributed by atoms with Crippen LogP contribution >= 0.6 is 22.6 Å². The van der Waals surface area contributed by atoms with Crippen molar-refractivity contribution in [1.82, 2.24) is 4.90 Å². The lowest BCUT2D eigenvalue weighted by atomic mass is 9.84. The van der Waals surface area contributed by atoms with Gasteiger partial charge in [0.1, 0.15) is 11.4 Å². The minimum Gasteiger partial charge on any atom is -0.444 e. The lowest BCUT2D eigenvalue weighted by molar-refractivity contribution is -0.0374. The summed E-state index contributed by atoms with van der Waals surface area (Å²) in [6, 6.07) is 4.81. The zero-order valence-corrected chi connectivity index (χ0v) is 15.2. The van der Waals surface area contributed by atoms with E-state index in [9.17, 15) is 14.3 Å². The zero-order valence-electron chi connectivity index (χ0n) is 13.0. The van der Waals surface area contributed by atoms with E-state index in [4.69, 9.17) is 4.74 Å². The molecule has 1 heterocycles. The van der Waals surface area contributed by atoms with Gasteiger partial charge in [0, 0.05) is 22.2 Å². The van der Waals surface area contributed by atoms with Crippen LogP contribution in [0, 0.1) is 9.39 Å². The molecule has 0 radical (unpaired) electrons. The van der Waals surface area contributed by atoms with Crippen molar-refractivity contribution in [2.75, 3.05) is 13.1 Å². The first-order chi connectivity index (χ1) is 10.1. The highest BCUT2D eigenvalue weighted by Gasteiger charge is 2.38. The van der Waals surface area contributed by atoms with Gasteiger partial charge in [-0.1, -0.05) is 6.07 Å². The molecule has 2 rings (SSSR count). The fraction of sp³-hybridized carbons (Fsp3) is 0.562. The number of carbonyl (C=O) groups is 1. The fourth-order valence-electron chi connectivity index (χ4n) is 2.52. The first kappa shape index (κ1) is 17.5. The van der Waals surface area contributed by atoms with Gasteiger partial charge in [-0.2, -0.15) is 0 Å². The lowest BCUT2D eigenvalue weighted by Gasteiger charge is -2.39. The molecule has 1 fully saturated rings. The average molecular weight is 421 g/mol. The molecule has 22 heavy (non-hydrogen) atoms. The smallest absolute Gasteiger partial charge is 0.410 e. The van der Waals surface area contributed by atoms with Gasteiger partial charge in [-0.05, 0) is 68.3 Å². The first-order valence-electron chi connectivity index (χ1n) is 7.27. The van der Waals surface area contributed by atoms with Gasteiger partial charge in [0.05, 0.1) is 5.60 Å². The molecule has 122 valence electrons. The summed E-state index contributed by atoms with van der Waals surface area (Å²) >= 11 is 2.03. The number of aliphatic hydroxyl groups is 1. The molecule has 1 N–H and O–H groups in total. The molecule has 0 spiro atoms. The van der Waals surface area contributed by atoms with E-state index in [0.29, 0.717) is 31.5 Å². The van der Waals surface area contributed by atoms with Crippen molar-refractivity contribution >= 4 is 28.7 Å². The third-order valence-corrected chi connectivity index (χ3v) is 4.35. The second-order valence-electron chi connectivity index (χ2n) is 6.62. The highest BCUT2D eigenvalue weighted by atomic mass is 127. The van der Waals surface area contributed by atoms with E-state index in [2.05, 4.69) is 0 Å². The van der Waals surface area contributed by atoms with Crippen molar-refractivity contribution in [3.8, 4) is 0 Å². The van der Waals surface area contributed by atoms with Gasteiger partial charge in [0.25, 0.3) is 0 Å². The van der Waals surface area contributed by atoms with Crippen LogP contribution in [0.25, 0.3) is 0 Å². The average Bonchev–Trinajstić information content (AvgIpc) is 2.36. The van der Waals surface area contributed by atoms with Crippen LogP contribution in [0.5, 0.6) is 0 Å². The molecule has 1 aromatic carbocycles. The monoisotopic (exact) mass is 421 g/mol. The number of rotatable bonds is 1. The van der Waals surface area contributed by atoms with Crippen molar-refractivity contribution in [2.24, 2.45) is 0 Å². The normalized spacial score (nSPS) is 18.2. The molecule has 1 amide bonds. The molecule has 0 unspecified atom stereocenters.